The Morgan fingerprint density at radius 1 is 1.12 bits per heavy atom. The number of amides is 1. The molecule has 1 aromatic carbocycles. The number of carbonyl (C=O) groups is 1. The number of nitrogens with zero attached hydrogens (tertiary/aromatic N) is 2. The minimum atomic E-state index is -0.990. The number of rotatable bonds is 5. The number of nitrogens with one attached hydrogen (secondary N) is 1. The number of aliphatic hydroxyl groups excluding tert-OH is 1. The van der Waals surface area contributed by atoms with Crippen molar-refractivity contribution in [2.24, 2.45) is 0 Å². The average molecular weight is 457 g/mol. The number of carbonyl (C=O) groups excluding carboxylic acids is 1. The highest BCUT2D eigenvalue weighted by molar-refractivity contribution is 6.03. The number of ether oxygens (including phenoxy) is 1. The topological polar surface area (TPSA) is 84.3 Å². The van der Waals surface area contributed by atoms with E-state index in [2.05, 4.69) is 15.3 Å². The summed E-state index contributed by atoms with van der Waals surface area (Å²) in [5.74, 6) is -3.64. The van der Waals surface area contributed by atoms with E-state index in [0.717, 1.165) is 30.3 Å². The molecule has 0 saturated carbocycles. The Bertz CT molecular complexity index is 1150. The van der Waals surface area contributed by atoms with Crippen LogP contribution < -0.4 is 5.32 Å². The zero-order chi connectivity index (χ0) is 23.5. The Balaban J connectivity index is 1.62. The molecule has 4 rings (SSSR count). The summed E-state index contributed by atoms with van der Waals surface area (Å²) in [6.45, 7) is 1.92. The van der Waals surface area contributed by atoms with E-state index in [1.54, 1.807) is 12.3 Å². The number of aliphatic hydroxyl groups is 1. The molecule has 2 N–H and O–H groups in total. The Hall–Kier alpha value is -3.30. The van der Waals surface area contributed by atoms with Crippen LogP contribution in [0.1, 0.15) is 48.3 Å². The maximum atomic E-state index is 14.3. The number of hydrogen-bond acceptors (Lipinski definition) is 5. The molecule has 2 aromatic heterocycles. The predicted molar refractivity (Wildman–Crippen MR) is 115 cm³/mol. The van der Waals surface area contributed by atoms with Gasteiger partial charge in [0.05, 0.1) is 35.8 Å². The second-order valence-electron chi connectivity index (χ2n) is 7.76. The van der Waals surface area contributed by atoms with Crippen molar-refractivity contribution in [3.8, 4) is 11.3 Å². The fraction of sp³-hybridized carbons (Fsp3) is 0.292. The summed E-state index contributed by atoms with van der Waals surface area (Å²) in [5.41, 5.74) is -0.434. The monoisotopic (exact) mass is 457 g/mol. The molecule has 33 heavy (non-hydrogen) atoms. The molecule has 0 aliphatic carbocycles. The van der Waals surface area contributed by atoms with Gasteiger partial charge >= 0.3 is 0 Å². The lowest BCUT2D eigenvalue weighted by molar-refractivity contribution is -0.119. The summed E-state index contributed by atoms with van der Waals surface area (Å²) in [6, 6.07) is 6.90. The first kappa shape index (κ1) is 22.9. The second-order valence-corrected chi connectivity index (χ2v) is 7.76. The standard InChI is InChI=1S/C24H22F3N3O3/c1-2-20-19(31)8-9-21(33-20)13-10-11-28-12-18(13)30-24(32)17-7-6-16(27)23(29-17)22-14(25)4-3-5-15(22)26/h3-7,10-12,19-21,31H,2,8-9H2,1H3,(H,30,32)/t19-,20+,21+/m0/s1. The molecular weight excluding hydrogens is 435 g/mol. The van der Waals surface area contributed by atoms with Crippen molar-refractivity contribution in [2.75, 3.05) is 5.32 Å². The van der Waals surface area contributed by atoms with Crippen molar-refractivity contribution in [3.05, 3.63) is 77.5 Å². The molecule has 1 aliphatic heterocycles. The van der Waals surface area contributed by atoms with Crippen molar-refractivity contribution < 1.29 is 27.8 Å². The van der Waals surface area contributed by atoms with Gasteiger partial charge in [-0.25, -0.2) is 18.2 Å². The largest absolute Gasteiger partial charge is 0.390 e. The fourth-order valence-electron chi connectivity index (χ4n) is 3.92. The lowest BCUT2D eigenvalue weighted by Crippen LogP contribution is -2.35. The summed E-state index contributed by atoms with van der Waals surface area (Å²) in [5, 5.41) is 12.8. The van der Waals surface area contributed by atoms with Crippen LogP contribution in [0.2, 0.25) is 0 Å². The van der Waals surface area contributed by atoms with Crippen molar-refractivity contribution in [2.45, 2.75) is 44.5 Å². The lowest BCUT2D eigenvalue weighted by Gasteiger charge is -2.34. The summed E-state index contributed by atoms with van der Waals surface area (Å²) in [4.78, 5) is 20.8. The SMILES string of the molecule is CC[C@H]1O[C@@H](c2ccncc2NC(=O)c2ccc(F)c(-c3c(F)cccc3F)n2)CC[C@@H]1O. The third kappa shape index (κ3) is 4.74. The zero-order valence-corrected chi connectivity index (χ0v) is 17.8. The van der Waals surface area contributed by atoms with Crippen molar-refractivity contribution in [3.63, 3.8) is 0 Å². The van der Waals surface area contributed by atoms with E-state index in [4.69, 9.17) is 4.74 Å². The van der Waals surface area contributed by atoms with Crippen molar-refractivity contribution in [1.82, 2.24) is 9.97 Å². The summed E-state index contributed by atoms with van der Waals surface area (Å²) < 4.78 is 48.7. The van der Waals surface area contributed by atoms with E-state index in [0.29, 0.717) is 30.5 Å². The van der Waals surface area contributed by atoms with Crippen molar-refractivity contribution >= 4 is 11.6 Å². The van der Waals surface area contributed by atoms with Crippen LogP contribution in [0.25, 0.3) is 11.3 Å². The third-order valence-electron chi connectivity index (χ3n) is 5.62. The van der Waals surface area contributed by atoms with Crippen LogP contribution in [0.15, 0.2) is 48.8 Å². The highest BCUT2D eigenvalue weighted by Crippen LogP contribution is 2.36. The molecule has 1 amide bonds. The van der Waals surface area contributed by atoms with Gasteiger partial charge in [-0.2, -0.15) is 0 Å². The lowest BCUT2D eigenvalue weighted by atomic mass is 9.95. The van der Waals surface area contributed by atoms with E-state index < -0.39 is 40.7 Å². The summed E-state index contributed by atoms with van der Waals surface area (Å²) in [7, 11) is 0. The maximum absolute atomic E-state index is 14.3. The van der Waals surface area contributed by atoms with Gasteiger partial charge in [0, 0.05) is 11.8 Å². The summed E-state index contributed by atoms with van der Waals surface area (Å²) in [6.07, 6.45) is 3.52. The molecule has 3 heterocycles. The van der Waals surface area contributed by atoms with Crippen LogP contribution in [-0.2, 0) is 4.74 Å². The minimum absolute atomic E-state index is 0.227. The number of hydrogen-bond donors (Lipinski definition) is 2. The van der Waals surface area contributed by atoms with Crippen LogP contribution in [0, 0.1) is 17.5 Å². The second kappa shape index (κ2) is 9.68. The Kier molecular flexibility index (Phi) is 6.71. The van der Waals surface area contributed by atoms with E-state index in [9.17, 15) is 23.1 Å². The highest BCUT2D eigenvalue weighted by Gasteiger charge is 2.31. The summed E-state index contributed by atoms with van der Waals surface area (Å²) >= 11 is 0. The number of aromatic nitrogens is 2. The molecular formula is C24H22F3N3O3. The molecule has 1 aliphatic rings. The fourth-order valence-corrected chi connectivity index (χ4v) is 3.92. The van der Waals surface area contributed by atoms with Crippen molar-refractivity contribution in [1.29, 1.82) is 0 Å². The van der Waals surface area contributed by atoms with E-state index in [1.807, 2.05) is 6.92 Å². The number of pyridine rings is 2. The third-order valence-corrected chi connectivity index (χ3v) is 5.62. The van der Waals surface area contributed by atoms with Gasteiger partial charge in [-0.1, -0.05) is 13.0 Å². The van der Waals surface area contributed by atoms with E-state index in [1.165, 1.54) is 6.20 Å². The molecule has 0 radical (unpaired) electrons. The smallest absolute Gasteiger partial charge is 0.274 e. The first-order valence-corrected chi connectivity index (χ1v) is 10.6. The molecule has 0 unspecified atom stereocenters. The maximum Gasteiger partial charge on any atom is 0.274 e. The minimum Gasteiger partial charge on any atom is -0.390 e. The first-order chi connectivity index (χ1) is 15.9. The first-order valence-electron chi connectivity index (χ1n) is 10.6. The van der Waals surface area contributed by atoms with E-state index in [-0.39, 0.29) is 17.9 Å². The molecule has 1 fully saturated rings. The molecule has 9 heteroatoms. The molecule has 172 valence electrons. The van der Waals surface area contributed by atoms with Gasteiger partial charge in [0.25, 0.3) is 5.91 Å². The number of anilines is 1. The number of halogens is 3. The van der Waals surface area contributed by atoms with Gasteiger partial charge < -0.3 is 15.2 Å². The van der Waals surface area contributed by atoms with Crippen LogP contribution >= 0.6 is 0 Å². The quantitative estimate of drug-likeness (QED) is 0.575. The Morgan fingerprint density at radius 2 is 1.88 bits per heavy atom. The Morgan fingerprint density at radius 3 is 2.61 bits per heavy atom. The molecule has 3 atom stereocenters. The predicted octanol–water partition coefficient (Wildman–Crippen LogP) is 4.80. The zero-order valence-electron chi connectivity index (χ0n) is 17.8. The highest BCUT2D eigenvalue weighted by atomic mass is 19.1. The van der Waals surface area contributed by atoms with E-state index >= 15 is 0 Å². The van der Waals surface area contributed by atoms with Gasteiger partial charge in [-0.05, 0) is 49.6 Å². The molecule has 3 aromatic rings. The molecule has 6 nitrogen and oxygen atoms in total. The Labute approximate surface area is 188 Å². The molecule has 1 saturated heterocycles. The normalized spacial score (nSPS) is 20.5. The molecule has 0 bridgehead atoms. The van der Waals surface area contributed by atoms with Crippen LogP contribution in [-0.4, -0.2) is 33.2 Å². The average Bonchev–Trinajstić information content (AvgIpc) is 2.81. The van der Waals surface area contributed by atoms with Gasteiger partial charge in [0.2, 0.25) is 0 Å². The number of benzene rings is 1. The molecule has 0 spiro atoms. The van der Waals surface area contributed by atoms with Crippen LogP contribution in [0.3, 0.4) is 0 Å². The van der Waals surface area contributed by atoms with Gasteiger partial charge in [-0.15, -0.1) is 0 Å². The van der Waals surface area contributed by atoms with Gasteiger partial charge in [0.1, 0.15) is 28.8 Å². The van der Waals surface area contributed by atoms with Gasteiger partial charge in [-0.3, -0.25) is 9.78 Å². The van der Waals surface area contributed by atoms with Crippen LogP contribution in [0.4, 0.5) is 18.9 Å². The van der Waals surface area contributed by atoms with Gasteiger partial charge in [0.15, 0.2) is 0 Å². The van der Waals surface area contributed by atoms with Crippen LogP contribution in [0.5, 0.6) is 0 Å².